The second-order valence-corrected chi connectivity index (χ2v) is 6.88. The van der Waals surface area contributed by atoms with Crippen molar-refractivity contribution in [3.8, 4) is 0 Å². The van der Waals surface area contributed by atoms with E-state index in [0.29, 0.717) is 0 Å². The zero-order valence-corrected chi connectivity index (χ0v) is 13.6. The number of hydrogen-bond acceptors (Lipinski definition) is 3. The molecule has 3 nitrogen and oxygen atoms in total. The van der Waals surface area contributed by atoms with Crippen molar-refractivity contribution in [1.82, 2.24) is 0 Å². The van der Waals surface area contributed by atoms with Gasteiger partial charge in [0.1, 0.15) is 6.00 Å². The Hall–Kier alpha value is -0.835. The lowest BCUT2D eigenvalue weighted by atomic mass is 9.74. The molecular formula is C16H25BO3. The van der Waals surface area contributed by atoms with Gasteiger partial charge in [0.15, 0.2) is 0 Å². The van der Waals surface area contributed by atoms with Crippen LogP contribution in [0, 0.1) is 20.8 Å². The summed E-state index contributed by atoms with van der Waals surface area (Å²) in [6, 6.07) is 3.39. The molecule has 0 amide bonds. The summed E-state index contributed by atoms with van der Waals surface area (Å²) in [6.45, 7) is 14.1. The van der Waals surface area contributed by atoms with Crippen molar-refractivity contribution in [2.45, 2.75) is 65.7 Å². The Morgan fingerprint density at radius 3 is 1.75 bits per heavy atom. The predicted molar refractivity (Wildman–Crippen MR) is 81.7 cm³/mol. The van der Waals surface area contributed by atoms with E-state index in [-0.39, 0.29) is 0 Å². The van der Waals surface area contributed by atoms with Gasteiger partial charge in [-0.15, -0.1) is 0 Å². The summed E-state index contributed by atoms with van der Waals surface area (Å²) in [5, 5.41) is 10.7. The monoisotopic (exact) mass is 276 g/mol. The molecule has 1 unspecified atom stereocenters. The zero-order valence-electron chi connectivity index (χ0n) is 13.6. The fourth-order valence-corrected chi connectivity index (χ4v) is 2.81. The quantitative estimate of drug-likeness (QED) is 0.842. The molecule has 4 heteroatoms. The van der Waals surface area contributed by atoms with Crippen LogP contribution in [0.3, 0.4) is 0 Å². The summed E-state index contributed by atoms with van der Waals surface area (Å²) in [4.78, 5) is 0. The summed E-state index contributed by atoms with van der Waals surface area (Å²) in [5.41, 5.74) is 3.41. The first-order chi connectivity index (χ1) is 9.05. The van der Waals surface area contributed by atoms with Crippen molar-refractivity contribution in [3.63, 3.8) is 0 Å². The summed E-state index contributed by atoms with van der Waals surface area (Å²) < 4.78 is 11.9. The molecule has 2 rings (SSSR count). The fraction of sp³-hybridized carbons (Fsp3) is 0.625. The molecule has 0 saturated carbocycles. The molecule has 1 N–H and O–H groups in total. The average molecular weight is 276 g/mol. The van der Waals surface area contributed by atoms with E-state index in [4.69, 9.17) is 9.31 Å². The summed E-state index contributed by atoms with van der Waals surface area (Å²) in [7, 11) is -0.625. The lowest BCUT2D eigenvalue weighted by Gasteiger charge is -2.32. The average Bonchev–Trinajstić information content (AvgIpc) is 2.46. The van der Waals surface area contributed by atoms with Crippen LogP contribution in [0.15, 0.2) is 12.1 Å². The lowest BCUT2D eigenvalue weighted by molar-refractivity contribution is 0.00578. The summed E-state index contributed by atoms with van der Waals surface area (Å²) in [6.07, 6.45) is 0. The lowest BCUT2D eigenvalue weighted by Crippen LogP contribution is -2.41. The maximum Gasteiger partial charge on any atom is 0.493 e. The van der Waals surface area contributed by atoms with Crippen LogP contribution >= 0.6 is 0 Å². The number of rotatable bonds is 2. The Bertz CT molecular complexity index is 483. The SMILES string of the molecule is Cc1cc(C)c(C(O)B2OC(C)(C)C(C)(C)O2)c(C)c1. The van der Waals surface area contributed by atoms with Gasteiger partial charge in [-0.25, -0.2) is 0 Å². The molecule has 0 bridgehead atoms. The highest BCUT2D eigenvalue weighted by atomic mass is 16.7. The second-order valence-electron chi connectivity index (χ2n) is 6.88. The first-order valence-electron chi connectivity index (χ1n) is 7.16. The van der Waals surface area contributed by atoms with Crippen molar-refractivity contribution in [3.05, 3.63) is 34.4 Å². The molecule has 1 saturated heterocycles. The van der Waals surface area contributed by atoms with Crippen LogP contribution in [0.5, 0.6) is 0 Å². The van der Waals surface area contributed by atoms with E-state index in [9.17, 15) is 5.11 Å². The number of benzene rings is 1. The minimum atomic E-state index is -0.767. The standard InChI is InChI=1S/C16H25BO3/c1-10-8-11(2)13(12(3)9-10)14(18)17-19-15(4,5)16(6,7)20-17/h8-9,14,18H,1-7H3. The van der Waals surface area contributed by atoms with E-state index in [0.717, 1.165) is 16.7 Å². The van der Waals surface area contributed by atoms with Gasteiger partial charge in [0.2, 0.25) is 0 Å². The van der Waals surface area contributed by atoms with Crippen LogP contribution in [0.25, 0.3) is 0 Å². The van der Waals surface area contributed by atoms with E-state index in [1.165, 1.54) is 5.56 Å². The van der Waals surface area contributed by atoms with E-state index >= 15 is 0 Å². The fourth-order valence-electron chi connectivity index (χ4n) is 2.81. The molecule has 0 aliphatic carbocycles. The highest BCUT2D eigenvalue weighted by Crippen LogP contribution is 2.41. The highest BCUT2D eigenvalue weighted by Gasteiger charge is 2.54. The van der Waals surface area contributed by atoms with E-state index in [2.05, 4.69) is 19.1 Å². The van der Waals surface area contributed by atoms with Gasteiger partial charge >= 0.3 is 7.12 Å². The molecule has 1 heterocycles. The molecule has 1 aliphatic rings. The van der Waals surface area contributed by atoms with Crippen molar-refractivity contribution in [2.75, 3.05) is 0 Å². The maximum atomic E-state index is 10.7. The third-order valence-electron chi connectivity index (χ3n) is 4.56. The molecule has 20 heavy (non-hydrogen) atoms. The largest absolute Gasteiger partial charge is 0.493 e. The number of hydrogen-bond donors (Lipinski definition) is 1. The topological polar surface area (TPSA) is 38.7 Å². The van der Waals surface area contributed by atoms with Gasteiger partial charge in [-0.2, -0.15) is 0 Å². The van der Waals surface area contributed by atoms with Crippen LogP contribution in [0.4, 0.5) is 0 Å². The predicted octanol–water partition coefficient (Wildman–Crippen LogP) is 3.28. The Morgan fingerprint density at radius 2 is 1.35 bits per heavy atom. The minimum Gasteiger partial charge on any atom is -0.401 e. The van der Waals surface area contributed by atoms with Crippen molar-refractivity contribution >= 4 is 7.12 Å². The Labute approximate surface area is 122 Å². The third kappa shape index (κ3) is 2.52. The van der Waals surface area contributed by atoms with Crippen LogP contribution in [-0.2, 0) is 9.31 Å². The Morgan fingerprint density at radius 1 is 0.950 bits per heavy atom. The van der Waals surface area contributed by atoms with Gasteiger partial charge in [0.25, 0.3) is 0 Å². The van der Waals surface area contributed by atoms with Crippen LogP contribution < -0.4 is 0 Å². The second kappa shape index (κ2) is 4.87. The van der Waals surface area contributed by atoms with Gasteiger partial charge in [0.05, 0.1) is 11.2 Å². The van der Waals surface area contributed by atoms with Gasteiger partial charge < -0.3 is 14.4 Å². The zero-order chi connectivity index (χ0) is 15.3. The molecule has 1 aromatic carbocycles. The number of aryl methyl sites for hydroxylation is 3. The normalized spacial score (nSPS) is 22.1. The molecule has 0 spiro atoms. The summed E-state index contributed by atoms with van der Waals surface area (Å²) in [5.74, 6) is 0. The van der Waals surface area contributed by atoms with E-state index < -0.39 is 24.3 Å². The van der Waals surface area contributed by atoms with Crippen LogP contribution in [0.2, 0.25) is 0 Å². The third-order valence-corrected chi connectivity index (χ3v) is 4.56. The van der Waals surface area contributed by atoms with E-state index in [1.807, 2.05) is 41.5 Å². The van der Waals surface area contributed by atoms with Gasteiger partial charge in [-0.05, 0) is 65.2 Å². The first kappa shape index (κ1) is 15.6. The molecule has 0 radical (unpaired) electrons. The van der Waals surface area contributed by atoms with Gasteiger partial charge in [0, 0.05) is 0 Å². The smallest absolute Gasteiger partial charge is 0.401 e. The molecule has 1 aliphatic heterocycles. The molecule has 1 atom stereocenters. The molecule has 0 aromatic heterocycles. The van der Waals surface area contributed by atoms with Crippen LogP contribution in [-0.4, -0.2) is 23.4 Å². The minimum absolute atomic E-state index is 0.425. The molecule has 1 aromatic rings. The van der Waals surface area contributed by atoms with Crippen LogP contribution in [0.1, 0.15) is 56.0 Å². The Balaban J connectivity index is 2.33. The molecule has 1 fully saturated rings. The summed E-state index contributed by atoms with van der Waals surface area (Å²) >= 11 is 0. The van der Waals surface area contributed by atoms with Gasteiger partial charge in [-0.1, -0.05) is 17.7 Å². The molecule has 110 valence electrons. The van der Waals surface area contributed by atoms with Crippen molar-refractivity contribution in [1.29, 1.82) is 0 Å². The highest BCUT2D eigenvalue weighted by molar-refractivity contribution is 6.47. The number of aliphatic hydroxyl groups excluding tert-OH is 1. The van der Waals surface area contributed by atoms with Crippen molar-refractivity contribution < 1.29 is 14.4 Å². The Kier molecular flexibility index (Phi) is 3.78. The number of aliphatic hydroxyl groups is 1. The van der Waals surface area contributed by atoms with E-state index in [1.54, 1.807) is 0 Å². The molecular weight excluding hydrogens is 251 g/mol. The van der Waals surface area contributed by atoms with Crippen molar-refractivity contribution in [2.24, 2.45) is 0 Å². The van der Waals surface area contributed by atoms with Gasteiger partial charge in [-0.3, -0.25) is 0 Å². The first-order valence-corrected chi connectivity index (χ1v) is 7.16. The maximum absolute atomic E-state index is 10.7.